The first-order valence-electron chi connectivity index (χ1n) is 13.4. The highest BCUT2D eigenvalue weighted by atomic mass is 16.6. The van der Waals surface area contributed by atoms with Crippen molar-refractivity contribution in [3.05, 3.63) is 53.6 Å². The molecule has 0 aliphatic rings. The maximum atomic E-state index is 12.4. The van der Waals surface area contributed by atoms with Crippen LogP contribution >= 0.6 is 0 Å². The number of benzene rings is 2. The maximum Gasteiger partial charge on any atom is 0.343 e. The Morgan fingerprint density at radius 1 is 0.784 bits per heavy atom. The first-order chi connectivity index (χ1) is 18.1. The number of unbranched alkanes of at least 4 members (excludes halogenated alkanes) is 10. The van der Waals surface area contributed by atoms with Gasteiger partial charge in [-0.05, 0) is 54.4 Å². The van der Waals surface area contributed by atoms with Crippen molar-refractivity contribution < 1.29 is 23.8 Å². The quantitative estimate of drug-likeness (QED) is 0.0762. The molecule has 1 N–H and O–H groups in total. The van der Waals surface area contributed by atoms with Crippen LogP contribution in [0, 0.1) is 0 Å². The molecular formula is C30H42N2O5. The minimum Gasteiger partial charge on any atom is -0.497 e. The van der Waals surface area contributed by atoms with Crippen LogP contribution in [0.2, 0.25) is 0 Å². The second-order valence-corrected chi connectivity index (χ2v) is 9.11. The summed E-state index contributed by atoms with van der Waals surface area (Å²) in [5, 5.41) is 4.04. The standard InChI is InChI=1S/C30H42N2O5/c1-4-5-6-7-8-9-10-11-12-13-14-15-29(33)32-31-23-24-16-21-27(28(22-24)36-3)37-30(34)25-17-19-26(35-2)20-18-25/h16-23H,4-15H2,1-3H3,(H,32,33)/b31-23-. The summed E-state index contributed by atoms with van der Waals surface area (Å²) in [7, 11) is 3.06. The summed E-state index contributed by atoms with van der Waals surface area (Å²) in [6.07, 6.45) is 15.8. The molecule has 37 heavy (non-hydrogen) atoms. The lowest BCUT2D eigenvalue weighted by Gasteiger charge is -2.10. The molecule has 0 bridgehead atoms. The number of hydrogen-bond acceptors (Lipinski definition) is 6. The third-order valence-corrected chi connectivity index (χ3v) is 6.13. The van der Waals surface area contributed by atoms with Crippen LogP contribution in [0.1, 0.15) is 99.9 Å². The molecule has 0 aromatic heterocycles. The highest BCUT2D eigenvalue weighted by Gasteiger charge is 2.13. The Labute approximate surface area is 221 Å². The van der Waals surface area contributed by atoms with Crippen molar-refractivity contribution in [2.24, 2.45) is 5.10 Å². The van der Waals surface area contributed by atoms with Crippen molar-refractivity contribution in [3.8, 4) is 17.2 Å². The Kier molecular flexibility index (Phi) is 14.5. The fraction of sp³-hybridized carbons (Fsp3) is 0.500. The number of hydrogen-bond donors (Lipinski definition) is 1. The molecule has 2 aromatic carbocycles. The van der Waals surface area contributed by atoms with Gasteiger partial charge in [0.2, 0.25) is 5.91 Å². The van der Waals surface area contributed by atoms with Gasteiger partial charge in [0.1, 0.15) is 5.75 Å². The van der Waals surface area contributed by atoms with Crippen LogP contribution in [0.15, 0.2) is 47.6 Å². The SMILES string of the molecule is CCCCCCCCCCCCCC(=O)N/N=C\c1ccc(OC(=O)c2ccc(OC)cc2)c(OC)c1. The van der Waals surface area contributed by atoms with Crippen LogP contribution in [-0.4, -0.2) is 32.3 Å². The van der Waals surface area contributed by atoms with Gasteiger partial charge >= 0.3 is 5.97 Å². The zero-order valence-electron chi connectivity index (χ0n) is 22.6. The lowest BCUT2D eigenvalue weighted by Crippen LogP contribution is -2.16. The van der Waals surface area contributed by atoms with Crippen molar-refractivity contribution in [2.45, 2.75) is 84.0 Å². The minimum atomic E-state index is -0.503. The van der Waals surface area contributed by atoms with E-state index < -0.39 is 5.97 Å². The largest absolute Gasteiger partial charge is 0.497 e. The molecule has 0 spiro atoms. The van der Waals surface area contributed by atoms with Crippen molar-refractivity contribution in [1.29, 1.82) is 0 Å². The predicted molar refractivity (Wildman–Crippen MR) is 148 cm³/mol. The van der Waals surface area contributed by atoms with Gasteiger partial charge in [-0.15, -0.1) is 0 Å². The number of ether oxygens (including phenoxy) is 3. The van der Waals surface area contributed by atoms with Crippen LogP contribution in [0.25, 0.3) is 0 Å². The monoisotopic (exact) mass is 510 g/mol. The summed E-state index contributed by atoms with van der Waals surface area (Å²) in [5.41, 5.74) is 3.68. The average molecular weight is 511 g/mol. The van der Waals surface area contributed by atoms with E-state index in [9.17, 15) is 9.59 Å². The normalized spacial score (nSPS) is 10.9. The number of carbonyl (C=O) groups excluding carboxylic acids is 2. The number of rotatable bonds is 18. The molecule has 202 valence electrons. The molecule has 0 saturated carbocycles. The van der Waals surface area contributed by atoms with Gasteiger partial charge in [0.25, 0.3) is 0 Å². The molecule has 0 atom stereocenters. The van der Waals surface area contributed by atoms with Gasteiger partial charge in [0.05, 0.1) is 26.0 Å². The first-order valence-corrected chi connectivity index (χ1v) is 13.4. The molecule has 1 amide bonds. The number of nitrogens with zero attached hydrogens (tertiary/aromatic N) is 1. The molecule has 2 aromatic rings. The van der Waals surface area contributed by atoms with Gasteiger partial charge in [-0.2, -0.15) is 5.10 Å². The summed E-state index contributed by atoms with van der Waals surface area (Å²) in [6.45, 7) is 2.25. The van der Waals surface area contributed by atoms with Crippen LogP contribution in [-0.2, 0) is 4.79 Å². The van der Waals surface area contributed by atoms with Crippen molar-refractivity contribution in [3.63, 3.8) is 0 Å². The maximum absolute atomic E-state index is 12.4. The van der Waals surface area contributed by atoms with E-state index in [4.69, 9.17) is 14.2 Å². The van der Waals surface area contributed by atoms with Gasteiger partial charge < -0.3 is 14.2 Å². The van der Waals surface area contributed by atoms with Crippen molar-refractivity contribution in [1.82, 2.24) is 5.43 Å². The summed E-state index contributed by atoms with van der Waals surface area (Å²) in [5.74, 6) is 0.740. The van der Waals surface area contributed by atoms with Crippen molar-refractivity contribution in [2.75, 3.05) is 14.2 Å². The Morgan fingerprint density at radius 3 is 2.00 bits per heavy atom. The Bertz CT molecular complexity index is 972. The van der Waals surface area contributed by atoms with E-state index in [-0.39, 0.29) is 5.91 Å². The highest BCUT2D eigenvalue weighted by molar-refractivity contribution is 5.91. The molecule has 0 radical (unpaired) electrons. The topological polar surface area (TPSA) is 86.2 Å². The second-order valence-electron chi connectivity index (χ2n) is 9.11. The van der Waals surface area contributed by atoms with Gasteiger partial charge in [0.15, 0.2) is 11.5 Å². The molecular weight excluding hydrogens is 468 g/mol. The predicted octanol–water partition coefficient (Wildman–Crippen LogP) is 7.07. The molecule has 0 aliphatic carbocycles. The molecule has 7 heteroatoms. The molecule has 0 heterocycles. The second kappa shape index (κ2) is 18.0. The van der Waals surface area contributed by atoms with Gasteiger partial charge in [0, 0.05) is 6.42 Å². The fourth-order valence-corrected chi connectivity index (χ4v) is 3.92. The molecule has 0 saturated heterocycles. The van der Waals surface area contributed by atoms with E-state index in [1.165, 1.54) is 71.1 Å². The Balaban J connectivity index is 1.68. The van der Waals surface area contributed by atoms with Crippen LogP contribution in [0.4, 0.5) is 0 Å². The highest BCUT2D eigenvalue weighted by Crippen LogP contribution is 2.28. The molecule has 0 aliphatic heterocycles. The molecule has 2 rings (SSSR count). The molecule has 7 nitrogen and oxygen atoms in total. The first kappa shape index (κ1) is 29.9. The van der Waals surface area contributed by atoms with E-state index in [1.54, 1.807) is 49.6 Å². The summed E-state index contributed by atoms with van der Waals surface area (Å²) >= 11 is 0. The van der Waals surface area contributed by atoms with Crippen LogP contribution < -0.4 is 19.6 Å². The molecule has 0 fully saturated rings. The number of carbonyl (C=O) groups is 2. The zero-order valence-corrected chi connectivity index (χ0v) is 22.6. The average Bonchev–Trinajstić information content (AvgIpc) is 2.92. The third-order valence-electron chi connectivity index (χ3n) is 6.13. The van der Waals surface area contributed by atoms with E-state index in [0.717, 1.165) is 12.8 Å². The number of methoxy groups -OCH3 is 2. The number of amides is 1. The summed E-state index contributed by atoms with van der Waals surface area (Å²) in [6, 6.07) is 11.7. The minimum absolute atomic E-state index is 0.0934. The molecule has 0 unspecified atom stereocenters. The van der Waals surface area contributed by atoms with Crippen LogP contribution in [0.3, 0.4) is 0 Å². The fourth-order valence-electron chi connectivity index (χ4n) is 3.92. The summed E-state index contributed by atoms with van der Waals surface area (Å²) < 4.78 is 15.9. The smallest absolute Gasteiger partial charge is 0.343 e. The summed E-state index contributed by atoms with van der Waals surface area (Å²) in [4.78, 5) is 24.5. The van der Waals surface area contributed by atoms with Gasteiger partial charge in [-0.3, -0.25) is 4.79 Å². The van der Waals surface area contributed by atoms with E-state index in [2.05, 4.69) is 17.5 Å². The third kappa shape index (κ3) is 12.0. The van der Waals surface area contributed by atoms with E-state index >= 15 is 0 Å². The Hall–Kier alpha value is -3.35. The van der Waals surface area contributed by atoms with Gasteiger partial charge in [-0.1, -0.05) is 71.1 Å². The number of nitrogens with one attached hydrogen (secondary N) is 1. The lowest BCUT2D eigenvalue weighted by atomic mass is 10.1. The van der Waals surface area contributed by atoms with E-state index in [0.29, 0.717) is 34.8 Å². The number of hydrazone groups is 1. The zero-order chi connectivity index (χ0) is 26.7. The van der Waals surface area contributed by atoms with E-state index in [1.807, 2.05) is 0 Å². The van der Waals surface area contributed by atoms with Gasteiger partial charge in [-0.25, -0.2) is 10.2 Å². The Morgan fingerprint density at radius 2 is 1.41 bits per heavy atom. The lowest BCUT2D eigenvalue weighted by molar-refractivity contribution is -0.121. The van der Waals surface area contributed by atoms with Crippen LogP contribution in [0.5, 0.6) is 17.2 Å². The van der Waals surface area contributed by atoms with Crippen molar-refractivity contribution >= 4 is 18.1 Å². The number of esters is 1.